The molecule has 2 aromatic rings. The van der Waals surface area contributed by atoms with Crippen molar-refractivity contribution in [3.8, 4) is 11.5 Å². The van der Waals surface area contributed by atoms with E-state index in [1.54, 1.807) is 12.1 Å². The van der Waals surface area contributed by atoms with Gasteiger partial charge in [-0.1, -0.05) is 12.1 Å². The van der Waals surface area contributed by atoms with Crippen LogP contribution in [-0.2, 0) is 0 Å². The molecule has 5 heteroatoms. The Balaban J connectivity index is 1.74. The van der Waals surface area contributed by atoms with Gasteiger partial charge in [0.25, 0.3) is 0 Å². The fourth-order valence-electron chi connectivity index (χ4n) is 1.88. The van der Waals surface area contributed by atoms with Gasteiger partial charge in [-0.15, -0.1) is 0 Å². The zero-order chi connectivity index (χ0) is 15.8. The van der Waals surface area contributed by atoms with Crippen LogP contribution in [0.5, 0.6) is 11.5 Å². The van der Waals surface area contributed by atoms with Crippen LogP contribution in [-0.4, -0.2) is 19.4 Å². The number of amides is 2. The molecule has 2 aromatic carbocycles. The lowest BCUT2D eigenvalue weighted by Crippen LogP contribution is -2.32. The Bertz CT molecular complexity index is 612. The zero-order valence-electron chi connectivity index (χ0n) is 12.8. The third-order valence-electron chi connectivity index (χ3n) is 2.88. The van der Waals surface area contributed by atoms with Gasteiger partial charge in [0.15, 0.2) is 6.73 Å². The van der Waals surface area contributed by atoms with Crippen LogP contribution in [0.25, 0.3) is 0 Å². The first-order valence-electron chi connectivity index (χ1n) is 7.14. The molecule has 0 saturated heterocycles. The van der Waals surface area contributed by atoms with Gasteiger partial charge in [-0.2, -0.15) is 0 Å². The first-order valence-corrected chi connectivity index (χ1v) is 7.14. The number of nitrogens with one attached hydrogen (secondary N) is 2. The molecular formula is C17H20N2O3. The SMILES string of the molecule is CCOc1ccc(OCNC(=O)Nc2cccc(C)c2)cc1. The van der Waals surface area contributed by atoms with Gasteiger partial charge in [-0.25, -0.2) is 4.79 Å². The summed E-state index contributed by atoms with van der Waals surface area (Å²) in [6, 6.07) is 14.5. The van der Waals surface area contributed by atoms with Crippen LogP contribution >= 0.6 is 0 Å². The van der Waals surface area contributed by atoms with Gasteiger partial charge in [0, 0.05) is 5.69 Å². The van der Waals surface area contributed by atoms with Gasteiger partial charge in [0.1, 0.15) is 11.5 Å². The Hall–Kier alpha value is -2.69. The Morgan fingerprint density at radius 3 is 2.36 bits per heavy atom. The number of aryl methyl sites for hydroxylation is 1. The predicted octanol–water partition coefficient (Wildman–Crippen LogP) is 3.55. The van der Waals surface area contributed by atoms with Crippen molar-refractivity contribution >= 4 is 11.7 Å². The predicted molar refractivity (Wildman–Crippen MR) is 86.4 cm³/mol. The number of rotatable bonds is 6. The molecule has 0 unspecified atom stereocenters. The molecule has 0 atom stereocenters. The maximum Gasteiger partial charge on any atom is 0.321 e. The first kappa shape index (κ1) is 15.7. The highest BCUT2D eigenvalue weighted by Gasteiger charge is 2.02. The maximum absolute atomic E-state index is 11.7. The van der Waals surface area contributed by atoms with Crippen LogP contribution in [0.3, 0.4) is 0 Å². The average Bonchev–Trinajstić information content (AvgIpc) is 2.49. The normalized spacial score (nSPS) is 9.91. The van der Waals surface area contributed by atoms with E-state index >= 15 is 0 Å². The second-order valence-corrected chi connectivity index (χ2v) is 4.69. The van der Waals surface area contributed by atoms with Crippen LogP contribution in [0.2, 0.25) is 0 Å². The largest absolute Gasteiger partial charge is 0.494 e. The van der Waals surface area contributed by atoms with Crippen LogP contribution < -0.4 is 20.1 Å². The lowest BCUT2D eigenvalue weighted by atomic mass is 10.2. The summed E-state index contributed by atoms with van der Waals surface area (Å²) in [5.74, 6) is 1.46. The number of carbonyl (C=O) groups is 1. The van der Waals surface area contributed by atoms with Crippen molar-refractivity contribution in [2.75, 3.05) is 18.7 Å². The Morgan fingerprint density at radius 1 is 1.05 bits per heavy atom. The zero-order valence-corrected chi connectivity index (χ0v) is 12.8. The molecule has 0 aliphatic heterocycles. The molecule has 0 saturated carbocycles. The van der Waals surface area contributed by atoms with Crippen LogP contribution in [0.4, 0.5) is 10.5 Å². The number of hydrogen-bond donors (Lipinski definition) is 2. The number of benzene rings is 2. The monoisotopic (exact) mass is 300 g/mol. The molecule has 116 valence electrons. The summed E-state index contributed by atoms with van der Waals surface area (Å²) in [7, 11) is 0. The van der Waals surface area contributed by atoms with Gasteiger partial charge in [0.2, 0.25) is 0 Å². The molecule has 2 amide bonds. The van der Waals surface area contributed by atoms with E-state index in [1.165, 1.54) is 0 Å². The molecule has 0 radical (unpaired) electrons. The topological polar surface area (TPSA) is 59.6 Å². The second-order valence-electron chi connectivity index (χ2n) is 4.69. The van der Waals surface area contributed by atoms with Crippen molar-refractivity contribution in [2.45, 2.75) is 13.8 Å². The van der Waals surface area contributed by atoms with Gasteiger partial charge in [0.05, 0.1) is 6.61 Å². The van der Waals surface area contributed by atoms with Crippen molar-refractivity contribution in [2.24, 2.45) is 0 Å². The molecule has 0 heterocycles. The van der Waals surface area contributed by atoms with Crippen molar-refractivity contribution in [1.29, 1.82) is 0 Å². The van der Waals surface area contributed by atoms with E-state index in [0.29, 0.717) is 12.4 Å². The summed E-state index contributed by atoms with van der Waals surface area (Å²) in [6.07, 6.45) is 0. The fraction of sp³-hybridized carbons (Fsp3) is 0.235. The Labute approximate surface area is 130 Å². The van der Waals surface area contributed by atoms with E-state index in [0.717, 1.165) is 17.0 Å². The van der Waals surface area contributed by atoms with Crippen molar-refractivity contribution in [1.82, 2.24) is 5.32 Å². The third-order valence-corrected chi connectivity index (χ3v) is 2.88. The summed E-state index contributed by atoms with van der Waals surface area (Å²) in [5.41, 5.74) is 1.84. The highest BCUT2D eigenvalue weighted by molar-refractivity contribution is 5.89. The lowest BCUT2D eigenvalue weighted by molar-refractivity contribution is 0.234. The van der Waals surface area contributed by atoms with E-state index in [1.807, 2.05) is 50.2 Å². The van der Waals surface area contributed by atoms with Gasteiger partial charge in [-0.05, 0) is 55.8 Å². The van der Waals surface area contributed by atoms with Crippen molar-refractivity contribution in [3.05, 3.63) is 54.1 Å². The number of carbonyl (C=O) groups excluding carboxylic acids is 1. The molecule has 0 aromatic heterocycles. The summed E-state index contributed by atoms with van der Waals surface area (Å²) in [5, 5.41) is 5.38. The number of urea groups is 1. The maximum atomic E-state index is 11.7. The molecule has 2 rings (SSSR count). The molecule has 0 aliphatic carbocycles. The van der Waals surface area contributed by atoms with Crippen molar-refractivity contribution in [3.63, 3.8) is 0 Å². The highest BCUT2D eigenvalue weighted by Crippen LogP contribution is 2.17. The van der Waals surface area contributed by atoms with Crippen LogP contribution in [0.15, 0.2) is 48.5 Å². The van der Waals surface area contributed by atoms with Gasteiger partial charge in [-0.3, -0.25) is 0 Å². The molecular weight excluding hydrogens is 280 g/mol. The molecule has 0 spiro atoms. The van der Waals surface area contributed by atoms with E-state index in [9.17, 15) is 4.79 Å². The molecule has 0 aliphatic rings. The summed E-state index contributed by atoms with van der Waals surface area (Å²) in [6.45, 7) is 4.62. The second kappa shape index (κ2) is 7.93. The molecule has 0 fully saturated rings. The van der Waals surface area contributed by atoms with Gasteiger partial charge >= 0.3 is 6.03 Å². The third kappa shape index (κ3) is 5.01. The average molecular weight is 300 g/mol. The fourth-order valence-corrected chi connectivity index (χ4v) is 1.88. The lowest BCUT2D eigenvalue weighted by Gasteiger charge is -2.10. The van der Waals surface area contributed by atoms with E-state index in [-0.39, 0.29) is 12.8 Å². The smallest absolute Gasteiger partial charge is 0.321 e. The van der Waals surface area contributed by atoms with Crippen LogP contribution in [0, 0.1) is 6.92 Å². The molecule has 2 N–H and O–H groups in total. The minimum Gasteiger partial charge on any atom is -0.494 e. The Kier molecular flexibility index (Phi) is 5.65. The number of hydrogen-bond acceptors (Lipinski definition) is 3. The van der Waals surface area contributed by atoms with Gasteiger partial charge < -0.3 is 20.1 Å². The van der Waals surface area contributed by atoms with E-state index in [2.05, 4.69) is 10.6 Å². The first-order chi connectivity index (χ1) is 10.7. The molecule has 0 bridgehead atoms. The molecule has 22 heavy (non-hydrogen) atoms. The number of ether oxygens (including phenoxy) is 2. The highest BCUT2D eigenvalue weighted by atomic mass is 16.5. The minimum atomic E-state index is -0.309. The number of anilines is 1. The summed E-state index contributed by atoms with van der Waals surface area (Å²) in [4.78, 5) is 11.7. The standard InChI is InChI=1S/C17H20N2O3/c1-3-21-15-7-9-16(10-8-15)22-12-18-17(20)19-14-6-4-5-13(2)11-14/h4-11H,3,12H2,1-2H3,(H2,18,19,20). The summed E-state index contributed by atoms with van der Waals surface area (Å²) >= 11 is 0. The van der Waals surface area contributed by atoms with E-state index < -0.39 is 0 Å². The quantitative estimate of drug-likeness (QED) is 0.802. The summed E-state index contributed by atoms with van der Waals surface area (Å²) < 4.78 is 10.8. The minimum absolute atomic E-state index is 0.0889. The van der Waals surface area contributed by atoms with E-state index in [4.69, 9.17) is 9.47 Å². The molecule has 5 nitrogen and oxygen atoms in total. The van der Waals surface area contributed by atoms with Crippen LogP contribution in [0.1, 0.15) is 12.5 Å². The van der Waals surface area contributed by atoms with Crippen molar-refractivity contribution < 1.29 is 14.3 Å². The Morgan fingerprint density at radius 2 is 1.73 bits per heavy atom.